The smallest absolute Gasteiger partial charge is 0.253 e. The number of alkyl halides is 2. The summed E-state index contributed by atoms with van der Waals surface area (Å²) in [6.45, 7) is 0.432. The van der Waals surface area contributed by atoms with Crippen LogP contribution in [-0.4, -0.2) is 12.0 Å². The first-order chi connectivity index (χ1) is 6.66. The Labute approximate surface area is 81.7 Å². The van der Waals surface area contributed by atoms with Gasteiger partial charge in [-0.15, -0.1) is 0 Å². The highest BCUT2D eigenvalue weighted by molar-refractivity contribution is 5.13. The second kappa shape index (κ2) is 3.65. The first kappa shape index (κ1) is 9.59. The van der Waals surface area contributed by atoms with E-state index in [1.165, 1.54) is 0 Å². The molecule has 1 aromatic rings. The van der Waals surface area contributed by atoms with Gasteiger partial charge < -0.3 is 4.74 Å². The van der Waals surface area contributed by atoms with E-state index in [4.69, 9.17) is 4.74 Å². The van der Waals surface area contributed by atoms with Gasteiger partial charge in [-0.2, -0.15) is 0 Å². The van der Waals surface area contributed by atoms with Crippen LogP contribution in [0, 0.1) is 0 Å². The Morgan fingerprint density at radius 3 is 2.43 bits per heavy atom. The van der Waals surface area contributed by atoms with Crippen LogP contribution in [0.2, 0.25) is 0 Å². The number of halogens is 2. The SMILES string of the molecule is FC1(F)CC(OCc2ccccc2)C1. The van der Waals surface area contributed by atoms with Gasteiger partial charge >= 0.3 is 0 Å². The summed E-state index contributed by atoms with van der Waals surface area (Å²) < 4.78 is 30.2. The number of ether oxygens (including phenoxy) is 1. The maximum absolute atomic E-state index is 12.4. The molecule has 1 aliphatic rings. The second-order valence-corrected chi connectivity index (χ2v) is 3.68. The molecule has 3 heteroatoms. The van der Waals surface area contributed by atoms with Crippen LogP contribution in [0.1, 0.15) is 18.4 Å². The van der Waals surface area contributed by atoms with E-state index in [1.807, 2.05) is 30.3 Å². The summed E-state index contributed by atoms with van der Waals surface area (Å²) in [5, 5.41) is 0. The lowest BCUT2D eigenvalue weighted by molar-refractivity contribution is -0.169. The molecule has 0 heterocycles. The van der Waals surface area contributed by atoms with Gasteiger partial charge in [-0.3, -0.25) is 0 Å². The fraction of sp³-hybridized carbons (Fsp3) is 0.455. The van der Waals surface area contributed by atoms with E-state index in [1.54, 1.807) is 0 Å². The average Bonchev–Trinajstić information content (AvgIpc) is 2.13. The number of rotatable bonds is 3. The zero-order valence-corrected chi connectivity index (χ0v) is 7.75. The van der Waals surface area contributed by atoms with Crippen molar-refractivity contribution >= 4 is 0 Å². The highest BCUT2D eigenvalue weighted by Crippen LogP contribution is 2.39. The van der Waals surface area contributed by atoms with Crippen molar-refractivity contribution in [2.75, 3.05) is 0 Å². The van der Waals surface area contributed by atoms with Gasteiger partial charge in [0, 0.05) is 12.8 Å². The van der Waals surface area contributed by atoms with Gasteiger partial charge in [0.25, 0.3) is 5.92 Å². The Morgan fingerprint density at radius 2 is 1.86 bits per heavy atom. The van der Waals surface area contributed by atoms with Gasteiger partial charge in [0.2, 0.25) is 0 Å². The van der Waals surface area contributed by atoms with Crippen molar-refractivity contribution < 1.29 is 13.5 Å². The maximum atomic E-state index is 12.4. The summed E-state index contributed by atoms with van der Waals surface area (Å²) in [7, 11) is 0. The molecule has 0 bridgehead atoms. The van der Waals surface area contributed by atoms with E-state index in [2.05, 4.69) is 0 Å². The molecule has 0 aliphatic heterocycles. The molecular weight excluding hydrogens is 186 g/mol. The first-order valence-corrected chi connectivity index (χ1v) is 4.69. The minimum absolute atomic E-state index is 0.125. The molecule has 0 spiro atoms. The van der Waals surface area contributed by atoms with Crippen molar-refractivity contribution in [3.8, 4) is 0 Å². The van der Waals surface area contributed by atoms with E-state index in [0.29, 0.717) is 6.61 Å². The van der Waals surface area contributed by atoms with Crippen LogP contribution in [-0.2, 0) is 11.3 Å². The summed E-state index contributed by atoms with van der Waals surface area (Å²) in [5.41, 5.74) is 1.03. The van der Waals surface area contributed by atoms with Crippen molar-refractivity contribution in [1.29, 1.82) is 0 Å². The fourth-order valence-corrected chi connectivity index (χ4v) is 1.51. The molecule has 1 fully saturated rings. The van der Waals surface area contributed by atoms with E-state index in [0.717, 1.165) is 5.56 Å². The third-order valence-electron chi connectivity index (χ3n) is 2.38. The van der Waals surface area contributed by atoms with Crippen molar-refractivity contribution in [3.63, 3.8) is 0 Å². The summed E-state index contributed by atoms with van der Waals surface area (Å²) in [4.78, 5) is 0. The first-order valence-electron chi connectivity index (χ1n) is 4.69. The molecule has 1 saturated carbocycles. The van der Waals surface area contributed by atoms with Crippen molar-refractivity contribution in [2.45, 2.75) is 31.5 Å². The van der Waals surface area contributed by atoms with Gasteiger partial charge in [0.1, 0.15) is 0 Å². The Hall–Kier alpha value is -0.960. The van der Waals surface area contributed by atoms with Crippen molar-refractivity contribution in [3.05, 3.63) is 35.9 Å². The zero-order valence-electron chi connectivity index (χ0n) is 7.75. The highest BCUT2D eigenvalue weighted by atomic mass is 19.3. The van der Waals surface area contributed by atoms with Crippen LogP contribution < -0.4 is 0 Å². The molecule has 0 unspecified atom stereocenters. The van der Waals surface area contributed by atoms with Crippen LogP contribution in [0.5, 0.6) is 0 Å². The molecule has 0 radical (unpaired) electrons. The maximum Gasteiger partial charge on any atom is 0.253 e. The molecule has 14 heavy (non-hydrogen) atoms. The van der Waals surface area contributed by atoms with Crippen LogP contribution >= 0.6 is 0 Å². The Morgan fingerprint density at radius 1 is 1.21 bits per heavy atom. The molecule has 76 valence electrons. The third kappa shape index (κ3) is 2.29. The minimum Gasteiger partial charge on any atom is -0.373 e. The van der Waals surface area contributed by atoms with E-state index in [-0.39, 0.29) is 18.9 Å². The van der Waals surface area contributed by atoms with Crippen LogP contribution in [0.25, 0.3) is 0 Å². The molecule has 1 aliphatic carbocycles. The Bertz CT molecular complexity index is 289. The summed E-state index contributed by atoms with van der Waals surface area (Å²) in [6.07, 6.45) is -0.509. The quantitative estimate of drug-likeness (QED) is 0.725. The molecule has 0 amide bonds. The molecule has 0 aromatic heterocycles. The standard InChI is InChI=1S/C11H12F2O/c12-11(13)6-10(7-11)14-8-9-4-2-1-3-5-9/h1-5,10H,6-8H2. The fourth-order valence-electron chi connectivity index (χ4n) is 1.51. The van der Waals surface area contributed by atoms with E-state index >= 15 is 0 Å². The lowest BCUT2D eigenvalue weighted by atomic mass is 9.91. The molecule has 1 nitrogen and oxygen atoms in total. The van der Waals surface area contributed by atoms with Crippen molar-refractivity contribution in [1.82, 2.24) is 0 Å². The van der Waals surface area contributed by atoms with Crippen LogP contribution in [0.15, 0.2) is 30.3 Å². The number of hydrogen-bond acceptors (Lipinski definition) is 1. The molecule has 0 N–H and O–H groups in total. The second-order valence-electron chi connectivity index (χ2n) is 3.68. The summed E-state index contributed by atoms with van der Waals surface area (Å²) >= 11 is 0. The lowest BCUT2D eigenvalue weighted by Gasteiger charge is -2.34. The topological polar surface area (TPSA) is 9.23 Å². The number of benzene rings is 1. The molecule has 0 saturated heterocycles. The van der Waals surface area contributed by atoms with Crippen LogP contribution in [0.3, 0.4) is 0 Å². The number of hydrogen-bond donors (Lipinski definition) is 0. The van der Waals surface area contributed by atoms with E-state index in [9.17, 15) is 8.78 Å². The minimum atomic E-state index is -2.48. The Balaban J connectivity index is 1.75. The van der Waals surface area contributed by atoms with Gasteiger partial charge in [0.15, 0.2) is 0 Å². The van der Waals surface area contributed by atoms with E-state index < -0.39 is 5.92 Å². The average molecular weight is 198 g/mol. The molecular formula is C11H12F2O. The largest absolute Gasteiger partial charge is 0.373 e. The lowest BCUT2D eigenvalue weighted by Crippen LogP contribution is -2.41. The van der Waals surface area contributed by atoms with Gasteiger partial charge in [-0.05, 0) is 5.56 Å². The molecule has 1 aromatic carbocycles. The molecule has 2 rings (SSSR count). The zero-order chi connectivity index (χ0) is 10.0. The summed E-state index contributed by atoms with van der Waals surface area (Å²) in [6, 6.07) is 9.59. The van der Waals surface area contributed by atoms with Gasteiger partial charge in [-0.25, -0.2) is 8.78 Å². The predicted molar refractivity (Wildman–Crippen MR) is 49.2 cm³/mol. The van der Waals surface area contributed by atoms with Gasteiger partial charge in [0.05, 0.1) is 12.7 Å². The summed E-state index contributed by atoms with van der Waals surface area (Å²) in [5.74, 6) is -2.48. The van der Waals surface area contributed by atoms with Crippen molar-refractivity contribution in [2.24, 2.45) is 0 Å². The predicted octanol–water partition coefficient (Wildman–Crippen LogP) is 3.00. The monoisotopic (exact) mass is 198 g/mol. The molecule has 0 atom stereocenters. The highest BCUT2D eigenvalue weighted by Gasteiger charge is 2.45. The Kier molecular flexibility index (Phi) is 2.50. The van der Waals surface area contributed by atoms with Gasteiger partial charge in [-0.1, -0.05) is 30.3 Å². The normalized spacial score (nSPS) is 20.4. The third-order valence-corrected chi connectivity index (χ3v) is 2.38. The van der Waals surface area contributed by atoms with Crippen LogP contribution in [0.4, 0.5) is 8.78 Å².